The van der Waals surface area contributed by atoms with Crippen LogP contribution in [0.25, 0.3) is 0 Å². The molecule has 1 saturated heterocycles. The van der Waals surface area contributed by atoms with Gasteiger partial charge in [0.25, 0.3) is 0 Å². The summed E-state index contributed by atoms with van der Waals surface area (Å²) in [5, 5.41) is 71.4. The molecule has 15 heteroatoms. The highest BCUT2D eigenvalue weighted by Gasteiger charge is 2.43. The highest BCUT2D eigenvalue weighted by atomic mass is 32.2. The van der Waals surface area contributed by atoms with Gasteiger partial charge in [-0.3, -0.25) is 9.59 Å². The number of amides is 2. The van der Waals surface area contributed by atoms with Crippen LogP contribution in [0.5, 0.6) is 0 Å². The monoisotopic (exact) mass is 689 g/mol. The van der Waals surface area contributed by atoms with Crippen LogP contribution in [0.2, 0.25) is 0 Å². The molecule has 2 rings (SSSR count). The van der Waals surface area contributed by atoms with Crippen molar-refractivity contribution in [3.8, 4) is 0 Å². The zero-order chi connectivity index (χ0) is 34.4. The van der Waals surface area contributed by atoms with E-state index in [1.54, 1.807) is 0 Å². The summed E-state index contributed by atoms with van der Waals surface area (Å²) in [4.78, 5) is 25.8. The molecule has 14 nitrogen and oxygen atoms in total. The van der Waals surface area contributed by atoms with Crippen LogP contribution in [-0.2, 0) is 20.9 Å². The highest BCUT2D eigenvalue weighted by molar-refractivity contribution is 7.99. The molecule has 0 bridgehead atoms. The largest absolute Gasteiger partial charge is 0.394 e. The molecular weight excluding hydrogens is 630 g/mol. The Morgan fingerprint density at radius 2 is 1.45 bits per heavy atom. The third-order valence-corrected chi connectivity index (χ3v) is 9.50. The lowest BCUT2D eigenvalue weighted by molar-refractivity contribution is -0.284. The Morgan fingerprint density at radius 3 is 2.02 bits per heavy atom. The number of carbonyl (C=O) groups is 2. The molecule has 0 saturated carbocycles. The summed E-state index contributed by atoms with van der Waals surface area (Å²) in [6.07, 6.45) is 11.6. The lowest BCUT2D eigenvalue weighted by Crippen LogP contribution is -2.58. The van der Waals surface area contributed by atoms with Crippen molar-refractivity contribution in [2.75, 3.05) is 23.4 Å². The fourth-order valence-corrected chi connectivity index (χ4v) is 6.39. The number of ether oxygens (including phenoxy) is 1. The third kappa shape index (κ3) is 16.9. The second kappa shape index (κ2) is 24.3. The molecular formula is C32H59N5O9S. The molecule has 1 aromatic heterocycles. The first kappa shape index (κ1) is 41.3. The first-order valence-electron chi connectivity index (χ1n) is 17.4. The molecule has 0 aromatic carbocycles. The minimum Gasteiger partial charge on any atom is -0.394 e. The van der Waals surface area contributed by atoms with Crippen molar-refractivity contribution in [2.24, 2.45) is 0 Å². The van der Waals surface area contributed by atoms with E-state index in [1.807, 2.05) is 0 Å². The summed E-state index contributed by atoms with van der Waals surface area (Å²) < 4.78 is 6.39. The predicted octanol–water partition coefficient (Wildman–Crippen LogP) is 1.85. The number of hydrogen-bond donors (Lipinski definition) is 8. The first-order valence-corrected chi connectivity index (χ1v) is 18.6. The van der Waals surface area contributed by atoms with Gasteiger partial charge in [0, 0.05) is 17.9 Å². The van der Waals surface area contributed by atoms with Crippen molar-refractivity contribution in [1.82, 2.24) is 20.3 Å². The molecule has 1 aromatic rings. The molecule has 8 N–H and O–H groups in total. The summed E-state index contributed by atoms with van der Waals surface area (Å²) in [5.41, 5.74) is 0. The second-order valence-electron chi connectivity index (χ2n) is 12.5. The minimum absolute atomic E-state index is 0.0588. The molecule has 0 radical (unpaired) electrons. The number of nitrogens with one attached hydrogen (secondary N) is 2. The molecule has 0 aliphatic carbocycles. The molecule has 0 spiro atoms. The van der Waals surface area contributed by atoms with Crippen LogP contribution in [0.3, 0.4) is 0 Å². The second-order valence-corrected chi connectivity index (χ2v) is 13.6. The van der Waals surface area contributed by atoms with Crippen LogP contribution in [0.15, 0.2) is 6.20 Å². The zero-order valence-electron chi connectivity index (χ0n) is 27.9. The van der Waals surface area contributed by atoms with Crippen LogP contribution >= 0.6 is 11.8 Å². The quantitative estimate of drug-likeness (QED) is 0.0654. The number of thioether (sulfide) groups is 1. The number of rotatable bonds is 26. The van der Waals surface area contributed by atoms with Gasteiger partial charge in [-0.1, -0.05) is 102 Å². The molecule has 1 fully saturated rings. The standard InChI is InChI=1S/C32H59N5O9S/c1-2-3-4-5-6-7-8-9-10-11-12-13-14-15-16-17-27(40)33-24(22-47-21-23(39)20-38)31(44)34-26-19-37(36-35-26)18-25-28(41)29(42)30(43)32(45)46-25/h19,23-25,28-30,32,38-39,41-43,45H,2-18,20-22H2,1H3,(H,33,40)(H,34,44). The van der Waals surface area contributed by atoms with Crippen LogP contribution in [0.4, 0.5) is 5.82 Å². The van der Waals surface area contributed by atoms with Gasteiger partial charge in [-0.25, -0.2) is 4.68 Å². The van der Waals surface area contributed by atoms with E-state index >= 15 is 0 Å². The van der Waals surface area contributed by atoms with Gasteiger partial charge in [0.15, 0.2) is 12.1 Å². The Bertz CT molecular complexity index is 991. The molecule has 2 amide bonds. The van der Waals surface area contributed by atoms with Crippen LogP contribution < -0.4 is 10.6 Å². The van der Waals surface area contributed by atoms with E-state index in [2.05, 4.69) is 27.9 Å². The maximum Gasteiger partial charge on any atom is 0.249 e. The fourth-order valence-electron chi connectivity index (χ4n) is 5.41. The number of anilines is 1. The molecule has 1 aliphatic heterocycles. The molecule has 47 heavy (non-hydrogen) atoms. The number of hydrogen-bond acceptors (Lipinski definition) is 12. The smallest absolute Gasteiger partial charge is 0.249 e. The number of carbonyl (C=O) groups excluding carboxylic acids is 2. The number of aliphatic hydroxyl groups excluding tert-OH is 6. The maximum atomic E-state index is 13.1. The van der Waals surface area contributed by atoms with Crippen molar-refractivity contribution in [3.63, 3.8) is 0 Å². The van der Waals surface area contributed by atoms with Gasteiger partial charge in [0.1, 0.15) is 30.5 Å². The Morgan fingerprint density at radius 1 is 0.872 bits per heavy atom. The van der Waals surface area contributed by atoms with Crippen molar-refractivity contribution >= 4 is 29.4 Å². The Labute approximate surface area is 283 Å². The summed E-state index contributed by atoms with van der Waals surface area (Å²) >= 11 is 1.21. The van der Waals surface area contributed by atoms with E-state index in [4.69, 9.17) is 9.84 Å². The minimum atomic E-state index is -1.69. The summed E-state index contributed by atoms with van der Waals surface area (Å²) in [6, 6.07) is -0.935. The maximum absolute atomic E-state index is 13.1. The van der Waals surface area contributed by atoms with E-state index < -0.39 is 55.4 Å². The van der Waals surface area contributed by atoms with Gasteiger partial charge in [-0.05, 0) is 6.42 Å². The van der Waals surface area contributed by atoms with Crippen molar-refractivity contribution in [2.45, 2.75) is 159 Å². The average molecular weight is 690 g/mol. The van der Waals surface area contributed by atoms with Crippen molar-refractivity contribution < 1.29 is 45.0 Å². The Kier molecular flexibility index (Phi) is 21.4. The third-order valence-electron chi connectivity index (χ3n) is 8.31. The average Bonchev–Trinajstić information content (AvgIpc) is 3.50. The molecule has 272 valence electrons. The highest BCUT2D eigenvalue weighted by Crippen LogP contribution is 2.21. The molecule has 7 atom stereocenters. The van der Waals surface area contributed by atoms with E-state index in [0.29, 0.717) is 0 Å². The van der Waals surface area contributed by atoms with E-state index in [9.17, 15) is 35.1 Å². The van der Waals surface area contributed by atoms with Gasteiger partial charge in [-0.2, -0.15) is 11.8 Å². The summed E-state index contributed by atoms with van der Waals surface area (Å²) in [7, 11) is 0. The molecule has 2 heterocycles. The van der Waals surface area contributed by atoms with E-state index in [0.717, 1.165) is 25.7 Å². The van der Waals surface area contributed by atoms with Gasteiger partial charge in [-0.15, -0.1) is 5.10 Å². The lowest BCUT2D eigenvalue weighted by atomic mass is 9.99. The lowest BCUT2D eigenvalue weighted by Gasteiger charge is -2.38. The predicted molar refractivity (Wildman–Crippen MR) is 179 cm³/mol. The first-order chi connectivity index (χ1) is 22.7. The van der Waals surface area contributed by atoms with Crippen molar-refractivity contribution in [1.29, 1.82) is 0 Å². The number of aromatic nitrogens is 3. The number of unbranched alkanes of at least 4 members (excludes halogenated alkanes) is 14. The van der Waals surface area contributed by atoms with Gasteiger partial charge in [0.05, 0.1) is 25.5 Å². The van der Waals surface area contributed by atoms with E-state index in [1.165, 1.54) is 93.3 Å². The fraction of sp³-hybridized carbons (Fsp3) is 0.875. The van der Waals surface area contributed by atoms with Gasteiger partial charge >= 0.3 is 0 Å². The van der Waals surface area contributed by atoms with Crippen LogP contribution in [0.1, 0.15) is 110 Å². The number of aliphatic hydroxyl groups is 6. The summed E-state index contributed by atoms with van der Waals surface area (Å²) in [6.45, 7) is 1.69. The Hall–Kier alpha value is -1.85. The number of nitrogens with zero attached hydrogens (tertiary/aromatic N) is 3. The molecule has 1 aliphatic rings. The van der Waals surface area contributed by atoms with Gasteiger partial charge in [0.2, 0.25) is 11.8 Å². The summed E-state index contributed by atoms with van der Waals surface area (Å²) in [5.74, 6) is -0.405. The SMILES string of the molecule is CCCCCCCCCCCCCCCCCC(=O)NC(CSCC(O)CO)C(=O)Nc1cn(CC2OC(O)C(O)C(O)C2O)nn1. The normalized spacial score (nSPS) is 22.6. The van der Waals surface area contributed by atoms with Gasteiger partial charge < -0.3 is 46.0 Å². The molecule has 7 unspecified atom stereocenters. The van der Waals surface area contributed by atoms with Crippen LogP contribution in [-0.4, -0.2) is 118 Å². The topological polar surface area (TPSA) is 220 Å². The zero-order valence-corrected chi connectivity index (χ0v) is 28.7. The Balaban J connectivity index is 1.70. The van der Waals surface area contributed by atoms with E-state index in [-0.39, 0.29) is 36.2 Å². The van der Waals surface area contributed by atoms with Crippen LogP contribution in [0, 0.1) is 0 Å². The van der Waals surface area contributed by atoms with Crippen molar-refractivity contribution in [3.05, 3.63) is 6.20 Å².